The maximum atomic E-state index is 13.6. The summed E-state index contributed by atoms with van der Waals surface area (Å²) in [6.07, 6.45) is -33.8. The highest BCUT2D eigenvalue weighted by molar-refractivity contribution is 7.33. The zero-order chi connectivity index (χ0) is 45.0. The average molecular weight is 917 g/mol. The van der Waals surface area contributed by atoms with Crippen LogP contribution in [0.25, 0.3) is 0 Å². The quantitative estimate of drug-likeness (QED) is 0.114. The van der Waals surface area contributed by atoms with Crippen LogP contribution in [-0.2, 0) is 13.6 Å². The summed E-state index contributed by atoms with van der Waals surface area (Å²) in [5, 5.41) is 0. The molecule has 0 saturated heterocycles. The monoisotopic (exact) mass is 917 g/mol. The summed E-state index contributed by atoms with van der Waals surface area (Å²) in [6, 6.07) is 0. The van der Waals surface area contributed by atoms with Crippen molar-refractivity contribution in [1.82, 2.24) is 0 Å². The van der Waals surface area contributed by atoms with Crippen molar-refractivity contribution in [3.8, 4) is 0 Å². The summed E-state index contributed by atoms with van der Waals surface area (Å²) in [5.74, 6) is -111. The third-order valence-corrected chi connectivity index (χ3v) is 6.52. The number of halogens is 34. The van der Waals surface area contributed by atoms with Gasteiger partial charge in [-0.05, 0) is 9.05 Å². The minimum atomic E-state index is -9.50. The van der Waals surface area contributed by atoms with Crippen LogP contribution in [0.4, 0.5) is 149 Å². The van der Waals surface area contributed by atoms with Crippen LogP contribution in [0.3, 0.4) is 0 Å². The summed E-state index contributed by atoms with van der Waals surface area (Å²) in [4.78, 5) is 0. The molecule has 0 heterocycles. The van der Waals surface area contributed by atoms with Gasteiger partial charge in [0.1, 0.15) is 0 Å². The van der Waals surface area contributed by atoms with Gasteiger partial charge in [-0.25, -0.2) is 0 Å². The van der Waals surface area contributed by atoms with E-state index in [1.165, 1.54) is 9.05 Å². The summed E-state index contributed by atoms with van der Waals surface area (Å²) < 4.78 is 459. The Morgan fingerprint density at radius 1 is 0.222 bits per heavy atom. The molecular weight excluding hydrogens is 917 g/mol. The third-order valence-electron chi connectivity index (χ3n) is 5.76. The van der Waals surface area contributed by atoms with Crippen LogP contribution < -0.4 is 0 Å². The molecule has 0 rings (SSSR count). The Bertz CT molecular complexity index is 1280. The van der Waals surface area contributed by atoms with Crippen molar-refractivity contribution >= 4 is 8.25 Å². The standard InChI is InChI=1S/C16F34O3P/c17-1(18,5(25,26)9(33,34)13(41,42)43)3(21,22)7(29,30)11(37,38)15(47,48)52-54(51)53-16(49,50)12(39,40)8(31,32)4(23,24)2(19,20)6(27,28)10(35,36)14(44,45)46/q+1. The van der Waals surface area contributed by atoms with E-state index < -0.39 is 104 Å². The molecule has 0 bridgehead atoms. The minimum Gasteiger partial charge on any atom is -0.192 e. The van der Waals surface area contributed by atoms with E-state index >= 15 is 0 Å². The molecule has 0 aromatic heterocycles. The molecule has 0 aliphatic rings. The Hall–Kier alpha value is -2.36. The van der Waals surface area contributed by atoms with Crippen molar-refractivity contribution in [2.75, 3.05) is 0 Å². The van der Waals surface area contributed by atoms with E-state index in [0.717, 1.165) is 0 Å². The van der Waals surface area contributed by atoms with Crippen LogP contribution in [-0.4, -0.2) is 95.6 Å². The van der Waals surface area contributed by atoms with Crippen molar-refractivity contribution in [1.29, 1.82) is 0 Å². The number of hydrogen-bond acceptors (Lipinski definition) is 3. The van der Waals surface area contributed by atoms with Crippen LogP contribution in [0.2, 0.25) is 0 Å². The van der Waals surface area contributed by atoms with Crippen molar-refractivity contribution < 1.29 is 163 Å². The second kappa shape index (κ2) is 12.8. The fourth-order valence-corrected chi connectivity index (χ4v) is 3.26. The van der Waals surface area contributed by atoms with Gasteiger partial charge in [-0.3, -0.25) is 0 Å². The van der Waals surface area contributed by atoms with Crippen molar-refractivity contribution in [3.05, 3.63) is 0 Å². The zero-order valence-electron chi connectivity index (χ0n) is 22.5. The lowest BCUT2D eigenvalue weighted by Crippen LogP contribution is -2.74. The van der Waals surface area contributed by atoms with E-state index in [4.69, 9.17) is 0 Å². The lowest BCUT2D eigenvalue weighted by molar-refractivity contribution is -0.475. The van der Waals surface area contributed by atoms with Gasteiger partial charge in [0.05, 0.1) is 0 Å². The highest BCUT2D eigenvalue weighted by Gasteiger charge is 2.98. The van der Waals surface area contributed by atoms with E-state index in [1.807, 2.05) is 0 Å². The van der Waals surface area contributed by atoms with Crippen LogP contribution >= 0.6 is 8.25 Å². The molecule has 0 N–H and O–H groups in total. The highest BCUT2D eigenvalue weighted by atomic mass is 31.1. The molecule has 38 heteroatoms. The van der Waals surface area contributed by atoms with Crippen molar-refractivity contribution in [3.63, 3.8) is 0 Å². The van der Waals surface area contributed by atoms with Gasteiger partial charge < -0.3 is 0 Å². The molecule has 0 aliphatic carbocycles. The number of hydrogen-bond donors (Lipinski definition) is 0. The van der Waals surface area contributed by atoms with E-state index in [1.54, 1.807) is 0 Å². The van der Waals surface area contributed by atoms with Crippen molar-refractivity contribution in [2.45, 2.75) is 95.6 Å². The molecule has 0 aromatic rings. The van der Waals surface area contributed by atoms with Gasteiger partial charge in [0.25, 0.3) is 0 Å². The Morgan fingerprint density at radius 3 is 0.500 bits per heavy atom. The average Bonchev–Trinajstić information content (AvgIpc) is 2.89. The molecule has 324 valence electrons. The Labute approximate surface area is 268 Å². The molecule has 54 heavy (non-hydrogen) atoms. The molecule has 0 radical (unpaired) electrons. The topological polar surface area (TPSA) is 35.5 Å². The van der Waals surface area contributed by atoms with E-state index in [2.05, 4.69) is 0 Å². The summed E-state index contributed by atoms with van der Waals surface area (Å²) in [6.45, 7) is 0. The Morgan fingerprint density at radius 2 is 0.352 bits per heavy atom. The van der Waals surface area contributed by atoms with E-state index in [-0.39, 0.29) is 0 Å². The molecular formula is C16F34O3P+. The fraction of sp³-hybridized carbons (Fsp3) is 1.00. The summed E-state index contributed by atoms with van der Waals surface area (Å²) in [7, 11) is -7.30. The largest absolute Gasteiger partial charge is 0.710 e. The summed E-state index contributed by atoms with van der Waals surface area (Å²) >= 11 is 0. The van der Waals surface area contributed by atoms with Crippen LogP contribution in [0, 0.1) is 0 Å². The highest BCUT2D eigenvalue weighted by Crippen LogP contribution is 2.67. The maximum absolute atomic E-state index is 13.6. The zero-order valence-corrected chi connectivity index (χ0v) is 23.4. The van der Waals surface area contributed by atoms with Crippen LogP contribution in [0.5, 0.6) is 0 Å². The number of rotatable bonds is 16. The maximum Gasteiger partial charge on any atom is 0.710 e. The van der Waals surface area contributed by atoms with Gasteiger partial charge in [-0.2, -0.15) is 149 Å². The second-order valence-corrected chi connectivity index (χ2v) is 10.1. The fourth-order valence-electron chi connectivity index (χ4n) is 2.62. The smallest absolute Gasteiger partial charge is 0.192 e. The molecule has 0 unspecified atom stereocenters. The molecule has 0 saturated carbocycles. The minimum absolute atomic E-state index is 1.33. The van der Waals surface area contributed by atoms with Gasteiger partial charge in [0.2, 0.25) is 0 Å². The normalized spacial score (nSPS) is 16.9. The van der Waals surface area contributed by atoms with Gasteiger partial charge in [-0.1, -0.05) is 0 Å². The first-order valence-electron chi connectivity index (χ1n) is 10.9. The van der Waals surface area contributed by atoms with Crippen molar-refractivity contribution in [2.24, 2.45) is 0 Å². The van der Waals surface area contributed by atoms with E-state index in [9.17, 15) is 154 Å². The van der Waals surface area contributed by atoms with Gasteiger partial charge in [-0.15, -0.1) is 0 Å². The first-order valence-corrected chi connectivity index (χ1v) is 12.0. The van der Waals surface area contributed by atoms with E-state index in [0.29, 0.717) is 0 Å². The predicted molar refractivity (Wildman–Crippen MR) is 91.1 cm³/mol. The molecule has 0 spiro atoms. The molecule has 3 nitrogen and oxygen atoms in total. The molecule has 0 atom stereocenters. The lowest BCUT2D eigenvalue weighted by atomic mass is 9.91. The van der Waals surface area contributed by atoms with Crippen LogP contribution in [0.1, 0.15) is 0 Å². The SMILES string of the molecule is O=[P+](OC(F)(F)C(F)(F)C(F)(F)C(F)(F)C(F)(F)C(F)(F)C(F)(F)C(F)(F)F)OC(F)(F)C(F)(F)C(F)(F)C(F)(F)C(F)(F)C(F)(F)C(F)(F)C(F)(F)F. The molecule has 0 amide bonds. The Balaban J connectivity index is 6.98. The summed E-state index contributed by atoms with van der Waals surface area (Å²) in [5.41, 5.74) is 0. The third kappa shape index (κ3) is 6.58. The Kier molecular flexibility index (Phi) is 12.3. The first-order chi connectivity index (χ1) is 22.6. The number of alkyl halides is 34. The molecule has 0 fully saturated rings. The molecule has 0 aromatic carbocycles. The van der Waals surface area contributed by atoms with Gasteiger partial charge in [0.15, 0.2) is 0 Å². The first kappa shape index (κ1) is 51.6. The lowest BCUT2D eigenvalue weighted by Gasteiger charge is -2.42. The molecule has 0 aliphatic heterocycles. The van der Waals surface area contributed by atoms with Gasteiger partial charge >= 0.3 is 104 Å². The van der Waals surface area contributed by atoms with Gasteiger partial charge in [0, 0.05) is 4.57 Å². The second-order valence-electron chi connectivity index (χ2n) is 9.33. The predicted octanol–water partition coefficient (Wildman–Crippen LogP) is 11.6. The van der Waals surface area contributed by atoms with Crippen LogP contribution in [0.15, 0.2) is 0 Å².